The van der Waals surface area contributed by atoms with Gasteiger partial charge in [0, 0.05) is 170 Å². The van der Waals surface area contributed by atoms with Crippen molar-refractivity contribution >= 4 is 82.4 Å². The van der Waals surface area contributed by atoms with E-state index in [1.165, 1.54) is 112 Å². The smallest absolute Gasteiger partial charge is 0.372 e. The molecule has 28 heteroatoms. The number of aryl methyl sites for hydroxylation is 5. The predicted molar refractivity (Wildman–Crippen MR) is 486 cm³/mol. The zero-order chi connectivity index (χ0) is 87.3. The van der Waals surface area contributed by atoms with E-state index >= 15 is 0 Å². The summed E-state index contributed by atoms with van der Waals surface area (Å²) in [4.78, 5) is 60.6. The van der Waals surface area contributed by atoms with Crippen LogP contribution in [0.4, 0.5) is 5.69 Å². The van der Waals surface area contributed by atoms with Crippen LogP contribution < -0.4 is 36.9 Å². The molecule has 1 aromatic carbocycles. The molecule has 0 aliphatic carbocycles. The number of aliphatic imine (C=N–C) groups is 1. The highest BCUT2D eigenvalue weighted by atomic mass is 32.2. The molecule has 0 radical (unpaired) electrons. The van der Waals surface area contributed by atoms with Crippen LogP contribution in [0.5, 0.6) is 0 Å². The number of aromatic nitrogens is 7. The Balaban J connectivity index is 0.000000178. The third kappa shape index (κ3) is 33.0. The van der Waals surface area contributed by atoms with Crippen LogP contribution in [0.25, 0.3) is 76.2 Å². The van der Waals surface area contributed by atoms with Gasteiger partial charge in [0.15, 0.2) is 99.8 Å². The highest BCUT2D eigenvalue weighted by molar-refractivity contribution is 7.85. The maximum Gasteiger partial charge on any atom is 0.372 e. The summed E-state index contributed by atoms with van der Waals surface area (Å²) >= 11 is 5.15. The third-order valence-electron chi connectivity index (χ3n) is 19.9. The van der Waals surface area contributed by atoms with Gasteiger partial charge >= 0.3 is 19.5 Å². The van der Waals surface area contributed by atoms with Crippen molar-refractivity contribution in [2.24, 2.45) is 4.99 Å². The zero-order valence-corrected chi connectivity index (χ0v) is 76.3. The number of ether oxygens (including phenoxy) is 2. The zero-order valence-electron chi connectivity index (χ0n) is 71.2. The highest BCUT2D eigenvalue weighted by Crippen LogP contribution is 2.38. The minimum absolute atomic E-state index is 0.151. The fourth-order valence-electron chi connectivity index (χ4n) is 13.0. The number of benzene rings is 1. The van der Waals surface area contributed by atoms with Crippen LogP contribution in [0.15, 0.2) is 270 Å². The van der Waals surface area contributed by atoms with E-state index in [1.807, 2.05) is 174 Å². The first-order valence-corrected chi connectivity index (χ1v) is 50.0. The number of pyridine rings is 7. The monoisotopic (exact) mass is 1770 g/mol. The number of hydrogen-bond acceptors (Lipinski definition) is 14. The standard InChI is InChI=1S/C30H42N2O3S2.C19H22N2O3P.C18H19N2O3PS.C14H17N2O2.C13H14NO2S/c1-3-5-7-9-21-32(22-10-8-6-4-2)28-14-12-26(13-15-28)29-16-17-30(36-29)27-18-23-31(24-19-27)20-11-25-37(33,34)35;1-3-20-10-6-16(7-11-20)18-4-5-19(24-18)17-8-12-21(13-9-17)14-15-25(2,22)23;1-2-19-7-3-15(4-8-19)17-13-25-14-18(17)16-5-9-20(10-6-16)11-12-24(21,22)23;1-3-18-14(17)10-16-6-4-12(5-7-16)13-8-11(2)9-15-13;1-2-16-13(15)10-14-7-5-11(6-8-14)12-4-3-9-17-12/h12-19,23-24H,3-11,20-22,25H2,1-2H3;4-13H,3,14-15H2,1-2H3;3-10,13-14H,2,11-12H2,1H3;4-8H,3,9-10H2,1-2H3;3-9H,2,10H2,1H3/q;+1;;2*+1/p+4. The molecule has 12 aromatic rings. The lowest BCUT2D eigenvalue weighted by molar-refractivity contribution is -0.696. The Morgan fingerprint density at radius 3 is 1.31 bits per heavy atom. The Hall–Kier alpha value is -9.95. The van der Waals surface area contributed by atoms with Gasteiger partial charge in [-0.15, -0.1) is 22.7 Å². The van der Waals surface area contributed by atoms with Crippen molar-refractivity contribution in [2.45, 2.75) is 152 Å². The molecule has 22 nitrogen and oxygen atoms in total. The lowest BCUT2D eigenvalue weighted by atomic mass is 10.0. The van der Waals surface area contributed by atoms with Gasteiger partial charge in [-0.2, -0.15) is 28.9 Å². The second-order valence-electron chi connectivity index (χ2n) is 29.6. The highest BCUT2D eigenvalue weighted by Gasteiger charge is 2.21. The molecular weight excluding hydrogens is 1650 g/mol. The van der Waals surface area contributed by atoms with Crippen LogP contribution in [0, 0.1) is 0 Å². The van der Waals surface area contributed by atoms with Crippen molar-refractivity contribution in [1.82, 2.24) is 0 Å². The van der Waals surface area contributed by atoms with E-state index in [-0.39, 0.29) is 43.1 Å². The summed E-state index contributed by atoms with van der Waals surface area (Å²) in [5.74, 6) is 0.995. The predicted octanol–water partition coefficient (Wildman–Crippen LogP) is 17.1. The van der Waals surface area contributed by atoms with Crippen molar-refractivity contribution in [3.8, 4) is 76.2 Å². The summed E-state index contributed by atoms with van der Waals surface area (Å²) in [5.41, 5.74) is 14.9. The van der Waals surface area contributed by atoms with E-state index in [1.54, 1.807) is 50.1 Å². The Morgan fingerprint density at radius 2 is 0.902 bits per heavy atom. The Labute approximate surface area is 731 Å². The number of esters is 2. The largest absolute Gasteiger partial charge is 0.461 e. The van der Waals surface area contributed by atoms with Crippen LogP contribution >= 0.6 is 49.0 Å². The minimum atomic E-state index is -3.97. The molecule has 644 valence electrons. The number of nitrogens with zero attached hydrogens (tertiary/aromatic N) is 9. The molecule has 1 unspecified atom stereocenters. The summed E-state index contributed by atoms with van der Waals surface area (Å²) in [5, 5.41) is 6.33. The fraction of sp³-hybridized carbons (Fsp3) is 0.340. The quantitative estimate of drug-likeness (QED) is 0.00928. The summed E-state index contributed by atoms with van der Waals surface area (Å²) in [6.45, 7) is 23.5. The molecule has 0 amide bonds. The summed E-state index contributed by atoms with van der Waals surface area (Å²) in [6.07, 6.45) is 40.1. The molecule has 0 spiro atoms. The second-order valence-corrected chi connectivity index (χ2v) is 38.3. The topological polar surface area (TPSA) is 258 Å². The second kappa shape index (κ2) is 49.4. The lowest BCUT2D eigenvalue weighted by Gasteiger charge is -2.25. The molecule has 1 aliphatic rings. The molecule has 0 saturated heterocycles. The molecular formula is C94H118N9O13P2S4+7. The molecule has 13 rings (SSSR count). The van der Waals surface area contributed by atoms with Gasteiger partial charge in [0.2, 0.25) is 20.5 Å². The number of allylic oxidation sites excluding steroid dienone is 1. The van der Waals surface area contributed by atoms with Gasteiger partial charge in [-0.3, -0.25) is 18.7 Å². The third-order valence-corrected chi connectivity index (χ3v) is 25.3. The number of hydrogen-bond donors (Lipinski definition) is 4. The molecule has 0 fully saturated rings. The van der Waals surface area contributed by atoms with Gasteiger partial charge in [0.1, 0.15) is 37.3 Å². The van der Waals surface area contributed by atoms with Crippen molar-refractivity contribution in [3.63, 3.8) is 0 Å². The van der Waals surface area contributed by atoms with Gasteiger partial charge in [-0.05, 0) is 134 Å². The van der Waals surface area contributed by atoms with Crippen molar-refractivity contribution in [1.29, 1.82) is 0 Å². The Morgan fingerprint density at radius 1 is 0.484 bits per heavy atom. The average molecular weight is 1770 g/mol. The Kier molecular flexibility index (Phi) is 38.8. The molecule has 122 heavy (non-hydrogen) atoms. The number of unbranched alkanes of at least 4 members (excludes halogenated alkanes) is 6. The molecule has 11 aromatic heterocycles. The van der Waals surface area contributed by atoms with Crippen LogP contribution in [0.3, 0.4) is 0 Å². The molecule has 0 saturated carbocycles. The summed E-state index contributed by atoms with van der Waals surface area (Å²) < 4.78 is 82.3. The molecule has 0 bridgehead atoms. The van der Waals surface area contributed by atoms with Crippen molar-refractivity contribution < 1.29 is 92.2 Å². The van der Waals surface area contributed by atoms with Crippen molar-refractivity contribution in [2.75, 3.05) is 62.5 Å². The number of rotatable bonds is 37. The molecule has 1 aliphatic heterocycles. The van der Waals surface area contributed by atoms with E-state index in [0.29, 0.717) is 39.3 Å². The van der Waals surface area contributed by atoms with E-state index in [2.05, 4.69) is 155 Å². The van der Waals surface area contributed by atoms with E-state index in [4.69, 9.17) is 28.2 Å². The first-order valence-electron chi connectivity index (χ1n) is 41.7. The van der Waals surface area contributed by atoms with Crippen LogP contribution in [-0.4, -0.2) is 103 Å². The van der Waals surface area contributed by atoms with Gasteiger partial charge in [-0.25, -0.2) is 32.4 Å². The van der Waals surface area contributed by atoms with Gasteiger partial charge in [0.25, 0.3) is 10.1 Å². The number of anilines is 1. The first kappa shape index (κ1) is 95.9. The van der Waals surface area contributed by atoms with Gasteiger partial charge in [0.05, 0.1) is 37.4 Å². The molecule has 4 N–H and O–H groups in total. The van der Waals surface area contributed by atoms with E-state index < -0.39 is 25.1 Å². The normalized spacial score (nSPS) is 12.2. The number of carbonyl (C=O) groups is 2. The SMILES string of the molecule is CCCCCCN(CCCCCC)c1ccc(-c2ccc(-c3cc[n+](CCCS(=O)(=O)O)cc3)s2)cc1.CCOC(=O)C[n+]1ccc(-c2cccs2)cc1.CCOC(=O)C[n+]1ccc(C2=NCC(C)=C2)cc1.CC[n+]1ccc(-c2ccc(-c3cc[n+](CCP(C)(=O)O)cc3)o2)cc1.CC[n+]1ccc(-c2cscc2-c2cc[n+](CCP(=O)(O)O)cc2)cc1. The van der Waals surface area contributed by atoms with Crippen molar-refractivity contribution in [3.05, 3.63) is 266 Å². The number of carbonyl (C=O) groups excluding carboxylic acids is 2. The lowest BCUT2D eigenvalue weighted by Crippen LogP contribution is -2.38. The average Bonchev–Trinajstić information content (AvgIpc) is 1.69. The van der Waals surface area contributed by atoms with Crippen LogP contribution in [0.1, 0.15) is 112 Å². The summed E-state index contributed by atoms with van der Waals surface area (Å²) in [6, 6.07) is 49.7. The minimum Gasteiger partial charge on any atom is -0.461 e. The molecule has 12 heterocycles. The maximum atomic E-state index is 11.4. The van der Waals surface area contributed by atoms with E-state index in [9.17, 15) is 32.0 Å². The molecule has 1 atom stereocenters. The fourth-order valence-corrected chi connectivity index (χ4v) is 17.2. The van der Waals surface area contributed by atoms with Gasteiger partial charge < -0.3 is 33.5 Å². The maximum absolute atomic E-state index is 11.4. The Bertz CT molecular complexity index is 5430. The number of furan rings is 1. The van der Waals surface area contributed by atoms with Gasteiger partial charge in [-0.1, -0.05) is 70.6 Å². The summed E-state index contributed by atoms with van der Waals surface area (Å²) in [7, 11) is -10.9. The van der Waals surface area contributed by atoms with E-state index in [0.717, 1.165) is 77.8 Å². The first-order chi connectivity index (χ1) is 58.8. The van der Waals surface area contributed by atoms with Crippen LogP contribution in [-0.2, 0) is 84.1 Å². The number of thiophene rings is 3. The van der Waals surface area contributed by atoms with Crippen LogP contribution in [0.2, 0.25) is 0 Å².